The van der Waals surface area contributed by atoms with Gasteiger partial charge in [-0.05, 0) is 61.7 Å². The normalized spacial score (nSPS) is 29.1. The van der Waals surface area contributed by atoms with E-state index in [-0.39, 0.29) is 0 Å². The second-order valence-electron chi connectivity index (χ2n) is 7.66. The SMILES string of the molecule is CNC1C(CN2CCCc3ccccc3C2)CCC1(C)C. The predicted octanol–water partition coefficient (Wildman–Crippen LogP) is 3.46. The maximum Gasteiger partial charge on any atom is 0.0236 e. The molecule has 0 radical (unpaired) electrons. The first-order chi connectivity index (χ1) is 10.1. The molecule has 1 fully saturated rings. The highest BCUT2D eigenvalue weighted by molar-refractivity contribution is 5.28. The molecule has 1 aliphatic carbocycles. The lowest BCUT2D eigenvalue weighted by Gasteiger charge is -2.33. The van der Waals surface area contributed by atoms with Gasteiger partial charge in [0.15, 0.2) is 0 Å². The van der Waals surface area contributed by atoms with Crippen LogP contribution in [0.3, 0.4) is 0 Å². The van der Waals surface area contributed by atoms with Gasteiger partial charge in [-0.3, -0.25) is 4.90 Å². The van der Waals surface area contributed by atoms with E-state index in [0.717, 1.165) is 12.5 Å². The second-order valence-corrected chi connectivity index (χ2v) is 7.66. The van der Waals surface area contributed by atoms with Gasteiger partial charge in [-0.2, -0.15) is 0 Å². The Bertz CT molecular complexity index is 480. The molecule has 2 unspecified atom stereocenters. The first kappa shape index (κ1) is 15.1. The molecule has 1 aromatic rings. The fourth-order valence-corrected chi connectivity index (χ4v) is 4.60. The van der Waals surface area contributed by atoms with Crippen molar-refractivity contribution in [2.24, 2.45) is 11.3 Å². The summed E-state index contributed by atoms with van der Waals surface area (Å²) in [6.07, 6.45) is 5.28. The van der Waals surface area contributed by atoms with Crippen LogP contribution in [0, 0.1) is 11.3 Å². The van der Waals surface area contributed by atoms with E-state index in [2.05, 4.69) is 55.4 Å². The van der Waals surface area contributed by atoms with Crippen LogP contribution < -0.4 is 5.32 Å². The van der Waals surface area contributed by atoms with Crippen LogP contribution in [0.15, 0.2) is 24.3 Å². The third-order valence-corrected chi connectivity index (χ3v) is 5.71. The van der Waals surface area contributed by atoms with Crippen molar-refractivity contribution in [3.63, 3.8) is 0 Å². The van der Waals surface area contributed by atoms with Crippen molar-refractivity contribution in [2.45, 2.75) is 52.1 Å². The van der Waals surface area contributed by atoms with Gasteiger partial charge in [0.05, 0.1) is 0 Å². The summed E-state index contributed by atoms with van der Waals surface area (Å²) < 4.78 is 0. The van der Waals surface area contributed by atoms with E-state index in [1.165, 1.54) is 38.8 Å². The Kier molecular flexibility index (Phi) is 4.37. The van der Waals surface area contributed by atoms with Crippen molar-refractivity contribution < 1.29 is 0 Å². The van der Waals surface area contributed by atoms with E-state index in [0.29, 0.717) is 11.5 Å². The molecular weight excluding hydrogens is 256 g/mol. The van der Waals surface area contributed by atoms with Gasteiger partial charge in [-0.25, -0.2) is 0 Å². The number of nitrogens with zero attached hydrogens (tertiary/aromatic N) is 1. The molecule has 0 bridgehead atoms. The van der Waals surface area contributed by atoms with Crippen molar-refractivity contribution >= 4 is 0 Å². The number of rotatable bonds is 3. The van der Waals surface area contributed by atoms with Crippen molar-refractivity contribution in [3.8, 4) is 0 Å². The van der Waals surface area contributed by atoms with Crippen molar-refractivity contribution in [2.75, 3.05) is 20.1 Å². The zero-order valence-electron chi connectivity index (χ0n) is 13.9. The number of fused-ring (bicyclic) bond motifs is 1. The Labute approximate surface area is 129 Å². The van der Waals surface area contributed by atoms with Crippen molar-refractivity contribution in [3.05, 3.63) is 35.4 Å². The fraction of sp³-hybridized carbons (Fsp3) is 0.684. The highest BCUT2D eigenvalue weighted by atomic mass is 15.1. The van der Waals surface area contributed by atoms with Crippen LogP contribution in [-0.4, -0.2) is 31.1 Å². The predicted molar refractivity (Wildman–Crippen MR) is 89.4 cm³/mol. The number of hydrogen-bond acceptors (Lipinski definition) is 2. The van der Waals surface area contributed by atoms with Gasteiger partial charge in [0.25, 0.3) is 0 Å². The summed E-state index contributed by atoms with van der Waals surface area (Å²) in [6, 6.07) is 9.68. The van der Waals surface area contributed by atoms with E-state index in [4.69, 9.17) is 0 Å². The summed E-state index contributed by atoms with van der Waals surface area (Å²) in [5, 5.41) is 3.60. The maximum atomic E-state index is 3.60. The Morgan fingerprint density at radius 2 is 2.00 bits per heavy atom. The molecule has 1 N–H and O–H groups in total. The summed E-state index contributed by atoms with van der Waals surface area (Å²) >= 11 is 0. The summed E-state index contributed by atoms with van der Waals surface area (Å²) in [4.78, 5) is 2.70. The topological polar surface area (TPSA) is 15.3 Å². The third-order valence-electron chi connectivity index (χ3n) is 5.71. The van der Waals surface area contributed by atoms with E-state index in [1.54, 1.807) is 11.1 Å². The molecule has 1 saturated carbocycles. The molecule has 0 amide bonds. The number of hydrogen-bond donors (Lipinski definition) is 1. The van der Waals surface area contributed by atoms with Crippen LogP contribution in [-0.2, 0) is 13.0 Å². The minimum atomic E-state index is 0.448. The van der Waals surface area contributed by atoms with Gasteiger partial charge in [0.2, 0.25) is 0 Å². The smallest absolute Gasteiger partial charge is 0.0236 e. The number of nitrogens with one attached hydrogen (secondary N) is 1. The largest absolute Gasteiger partial charge is 0.316 e. The summed E-state index contributed by atoms with van der Waals surface area (Å²) in [7, 11) is 2.14. The molecule has 1 aromatic carbocycles. The Morgan fingerprint density at radius 3 is 2.76 bits per heavy atom. The first-order valence-electron chi connectivity index (χ1n) is 8.56. The fourth-order valence-electron chi connectivity index (χ4n) is 4.60. The molecule has 0 spiro atoms. The van der Waals surface area contributed by atoms with Gasteiger partial charge in [0.1, 0.15) is 0 Å². The Morgan fingerprint density at radius 1 is 1.24 bits per heavy atom. The summed E-state index contributed by atoms with van der Waals surface area (Å²) in [5.74, 6) is 0.801. The van der Waals surface area contributed by atoms with Crippen LogP contribution in [0.25, 0.3) is 0 Å². The lowest BCUT2D eigenvalue weighted by Crippen LogP contribution is -2.44. The zero-order chi connectivity index (χ0) is 14.9. The summed E-state index contributed by atoms with van der Waals surface area (Å²) in [5.41, 5.74) is 3.56. The molecule has 21 heavy (non-hydrogen) atoms. The van der Waals surface area contributed by atoms with Gasteiger partial charge < -0.3 is 5.32 Å². The molecule has 2 heteroatoms. The minimum Gasteiger partial charge on any atom is -0.316 e. The highest BCUT2D eigenvalue weighted by Crippen LogP contribution is 2.41. The van der Waals surface area contributed by atoms with Crippen molar-refractivity contribution in [1.82, 2.24) is 10.2 Å². The van der Waals surface area contributed by atoms with Gasteiger partial charge in [-0.1, -0.05) is 38.1 Å². The molecule has 2 aliphatic rings. The quantitative estimate of drug-likeness (QED) is 0.915. The van der Waals surface area contributed by atoms with Gasteiger partial charge in [-0.15, -0.1) is 0 Å². The molecule has 116 valence electrons. The lowest BCUT2D eigenvalue weighted by molar-refractivity contribution is 0.185. The Hall–Kier alpha value is -0.860. The van der Waals surface area contributed by atoms with Crippen molar-refractivity contribution in [1.29, 1.82) is 0 Å². The van der Waals surface area contributed by atoms with Crippen LogP contribution in [0.2, 0.25) is 0 Å². The highest BCUT2D eigenvalue weighted by Gasteiger charge is 2.41. The van der Waals surface area contributed by atoms with Gasteiger partial charge >= 0.3 is 0 Å². The molecule has 2 atom stereocenters. The standard InChI is InChI=1S/C19H30N2/c1-19(2)11-10-17(18(19)20-3)14-21-12-6-9-15-7-4-5-8-16(15)13-21/h4-5,7-8,17-18,20H,6,9-14H2,1-3H3. The molecule has 2 nitrogen and oxygen atoms in total. The summed E-state index contributed by atoms with van der Waals surface area (Å²) in [6.45, 7) is 8.49. The molecule has 1 heterocycles. The van der Waals surface area contributed by atoms with Crippen LogP contribution >= 0.6 is 0 Å². The zero-order valence-corrected chi connectivity index (χ0v) is 13.9. The monoisotopic (exact) mass is 286 g/mol. The van der Waals surface area contributed by atoms with Crippen LogP contribution in [0.4, 0.5) is 0 Å². The molecule has 0 aromatic heterocycles. The van der Waals surface area contributed by atoms with Crippen LogP contribution in [0.5, 0.6) is 0 Å². The number of benzene rings is 1. The molecular formula is C19H30N2. The second kappa shape index (κ2) is 6.10. The molecule has 1 aliphatic heterocycles. The number of aryl methyl sites for hydroxylation is 1. The molecule has 3 rings (SSSR count). The van der Waals surface area contributed by atoms with E-state index in [1.807, 2.05) is 0 Å². The molecule has 0 saturated heterocycles. The average Bonchev–Trinajstić information content (AvgIpc) is 2.62. The average molecular weight is 286 g/mol. The van der Waals surface area contributed by atoms with E-state index in [9.17, 15) is 0 Å². The van der Waals surface area contributed by atoms with Gasteiger partial charge in [0, 0.05) is 19.1 Å². The third kappa shape index (κ3) is 3.17. The minimum absolute atomic E-state index is 0.448. The van der Waals surface area contributed by atoms with E-state index < -0.39 is 0 Å². The van der Waals surface area contributed by atoms with Crippen LogP contribution in [0.1, 0.15) is 44.2 Å². The van der Waals surface area contributed by atoms with E-state index >= 15 is 0 Å². The lowest BCUT2D eigenvalue weighted by atomic mass is 9.85. The Balaban J connectivity index is 1.68. The first-order valence-corrected chi connectivity index (χ1v) is 8.56. The maximum absolute atomic E-state index is 3.60.